The molecule has 0 aliphatic carbocycles. The summed E-state index contributed by atoms with van der Waals surface area (Å²) in [6.07, 6.45) is 1.05. The molecule has 16 heavy (non-hydrogen) atoms. The van der Waals surface area contributed by atoms with E-state index in [0.717, 1.165) is 44.2 Å². The summed E-state index contributed by atoms with van der Waals surface area (Å²) in [7, 11) is 0. The normalized spacial score (nSPS) is 11.2. The van der Waals surface area contributed by atoms with E-state index in [2.05, 4.69) is 19.2 Å². The van der Waals surface area contributed by atoms with Crippen molar-refractivity contribution in [2.75, 3.05) is 19.8 Å². The second-order valence-electron chi connectivity index (χ2n) is 4.51. The molecular weight excluding hydrogens is 202 g/mol. The first-order valence-electron chi connectivity index (χ1n) is 6.02. The molecule has 0 spiro atoms. The molecular formula is C13H23NO2. The third-order valence-electron chi connectivity index (χ3n) is 2.19. The van der Waals surface area contributed by atoms with E-state index < -0.39 is 0 Å². The van der Waals surface area contributed by atoms with Crippen molar-refractivity contribution in [3.8, 4) is 0 Å². The van der Waals surface area contributed by atoms with E-state index in [4.69, 9.17) is 9.15 Å². The van der Waals surface area contributed by atoms with Crippen LogP contribution >= 0.6 is 0 Å². The SMILES string of the molecule is Cc1ccc(CNCCCOCC(C)C)o1. The molecule has 0 aromatic carbocycles. The maximum Gasteiger partial charge on any atom is 0.117 e. The van der Waals surface area contributed by atoms with Gasteiger partial charge in [0.05, 0.1) is 6.54 Å². The van der Waals surface area contributed by atoms with Gasteiger partial charge in [-0.2, -0.15) is 0 Å². The highest BCUT2D eigenvalue weighted by molar-refractivity contribution is 5.04. The van der Waals surface area contributed by atoms with Gasteiger partial charge in [-0.1, -0.05) is 13.8 Å². The Morgan fingerprint density at radius 2 is 2.19 bits per heavy atom. The van der Waals surface area contributed by atoms with Crippen molar-refractivity contribution in [1.82, 2.24) is 5.32 Å². The molecule has 1 aromatic rings. The Bertz CT molecular complexity index is 281. The Kier molecular flexibility index (Phi) is 6.19. The summed E-state index contributed by atoms with van der Waals surface area (Å²) >= 11 is 0. The molecule has 0 radical (unpaired) electrons. The van der Waals surface area contributed by atoms with Crippen LogP contribution in [-0.2, 0) is 11.3 Å². The Hall–Kier alpha value is -0.800. The second kappa shape index (κ2) is 7.47. The maximum atomic E-state index is 5.49. The molecule has 0 unspecified atom stereocenters. The zero-order valence-corrected chi connectivity index (χ0v) is 10.6. The van der Waals surface area contributed by atoms with Gasteiger partial charge in [-0.05, 0) is 37.9 Å². The molecule has 0 bridgehead atoms. The van der Waals surface area contributed by atoms with Crippen LogP contribution in [-0.4, -0.2) is 19.8 Å². The Morgan fingerprint density at radius 1 is 1.38 bits per heavy atom. The van der Waals surface area contributed by atoms with Crippen molar-refractivity contribution in [2.24, 2.45) is 5.92 Å². The Labute approximate surface area is 98.2 Å². The highest BCUT2D eigenvalue weighted by atomic mass is 16.5. The average molecular weight is 225 g/mol. The summed E-state index contributed by atoms with van der Waals surface area (Å²) < 4.78 is 10.9. The van der Waals surface area contributed by atoms with Crippen LogP contribution < -0.4 is 5.32 Å². The molecule has 1 rings (SSSR count). The summed E-state index contributed by atoms with van der Waals surface area (Å²) in [5, 5.41) is 3.33. The largest absolute Gasteiger partial charge is 0.465 e. The monoisotopic (exact) mass is 225 g/mol. The van der Waals surface area contributed by atoms with Crippen molar-refractivity contribution in [2.45, 2.75) is 33.7 Å². The predicted octanol–water partition coefficient (Wildman–Crippen LogP) is 2.74. The van der Waals surface area contributed by atoms with E-state index in [1.807, 2.05) is 19.1 Å². The summed E-state index contributed by atoms with van der Waals surface area (Å²) in [6.45, 7) is 9.76. The van der Waals surface area contributed by atoms with Crippen LogP contribution in [0.5, 0.6) is 0 Å². The van der Waals surface area contributed by atoms with Crippen LogP contribution in [0, 0.1) is 12.8 Å². The number of hydrogen-bond donors (Lipinski definition) is 1. The molecule has 0 saturated carbocycles. The van der Waals surface area contributed by atoms with E-state index >= 15 is 0 Å². The minimum Gasteiger partial charge on any atom is -0.465 e. The fraction of sp³-hybridized carbons (Fsp3) is 0.692. The summed E-state index contributed by atoms with van der Waals surface area (Å²) in [5.74, 6) is 2.59. The summed E-state index contributed by atoms with van der Waals surface area (Å²) in [6, 6.07) is 4.00. The van der Waals surface area contributed by atoms with Gasteiger partial charge < -0.3 is 14.5 Å². The minimum atomic E-state index is 0.624. The van der Waals surface area contributed by atoms with E-state index in [1.54, 1.807) is 0 Å². The molecule has 0 aliphatic rings. The summed E-state index contributed by atoms with van der Waals surface area (Å²) in [5.41, 5.74) is 0. The minimum absolute atomic E-state index is 0.624. The van der Waals surface area contributed by atoms with Crippen molar-refractivity contribution in [1.29, 1.82) is 0 Å². The highest BCUT2D eigenvalue weighted by Crippen LogP contribution is 2.05. The highest BCUT2D eigenvalue weighted by Gasteiger charge is 1.97. The van der Waals surface area contributed by atoms with Gasteiger partial charge in [-0.15, -0.1) is 0 Å². The molecule has 0 saturated heterocycles. The fourth-order valence-electron chi connectivity index (χ4n) is 1.41. The van der Waals surface area contributed by atoms with Crippen LogP contribution in [0.15, 0.2) is 16.5 Å². The number of aryl methyl sites for hydroxylation is 1. The van der Waals surface area contributed by atoms with Crippen molar-refractivity contribution < 1.29 is 9.15 Å². The third-order valence-corrected chi connectivity index (χ3v) is 2.19. The standard InChI is InChI=1S/C13H23NO2/c1-11(2)10-15-8-4-7-14-9-13-6-5-12(3)16-13/h5-6,11,14H,4,7-10H2,1-3H3. The van der Waals surface area contributed by atoms with Crippen LogP contribution in [0.2, 0.25) is 0 Å². The zero-order chi connectivity index (χ0) is 11.8. The molecule has 0 amide bonds. The molecule has 0 aliphatic heterocycles. The van der Waals surface area contributed by atoms with E-state index in [1.165, 1.54) is 0 Å². The zero-order valence-electron chi connectivity index (χ0n) is 10.6. The van der Waals surface area contributed by atoms with Gasteiger partial charge in [0.1, 0.15) is 11.5 Å². The molecule has 0 atom stereocenters. The Balaban J connectivity index is 1.92. The average Bonchev–Trinajstić information content (AvgIpc) is 2.62. The van der Waals surface area contributed by atoms with Gasteiger partial charge in [0.2, 0.25) is 0 Å². The van der Waals surface area contributed by atoms with E-state index in [9.17, 15) is 0 Å². The molecule has 92 valence electrons. The first-order chi connectivity index (χ1) is 7.68. The lowest BCUT2D eigenvalue weighted by Gasteiger charge is -2.06. The van der Waals surface area contributed by atoms with Crippen LogP contribution in [0.1, 0.15) is 31.8 Å². The molecule has 1 heterocycles. The van der Waals surface area contributed by atoms with Gasteiger partial charge >= 0.3 is 0 Å². The summed E-state index contributed by atoms with van der Waals surface area (Å²) in [4.78, 5) is 0. The van der Waals surface area contributed by atoms with Gasteiger partial charge in [0.15, 0.2) is 0 Å². The van der Waals surface area contributed by atoms with Crippen LogP contribution in [0.4, 0.5) is 0 Å². The first kappa shape index (κ1) is 13.3. The number of furan rings is 1. The lowest BCUT2D eigenvalue weighted by atomic mass is 10.2. The molecule has 3 nitrogen and oxygen atoms in total. The third kappa shape index (κ3) is 5.93. The molecule has 1 N–H and O–H groups in total. The second-order valence-corrected chi connectivity index (χ2v) is 4.51. The molecule has 0 fully saturated rings. The van der Waals surface area contributed by atoms with Gasteiger partial charge in [0, 0.05) is 13.2 Å². The number of hydrogen-bond acceptors (Lipinski definition) is 3. The molecule has 3 heteroatoms. The lowest BCUT2D eigenvalue weighted by Crippen LogP contribution is -2.16. The smallest absolute Gasteiger partial charge is 0.117 e. The quantitative estimate of drug-likeness (QED) is 0.691. The van der Waals surface area contributed by atoms with E-state index in [0.29, 0.717) is 5.92 Å². The van der Waals surface area contributed by atoms with Gasteiger partial charge in [0.25, 0.3) is 0 Å². The van der Waals surface area contributed by atoms with E-state index in [-0.39, 0.29) is 0 Å². The predicted molar refractivity (Wildman–Crippen MR) is 65.4 cm³/mol. The topological polar surface area (TPSA) is 34.4 Å². The van der Waals surface area contributed by atoms with Gasteiger partial charge in [-0.3, -0.25) is 0 Å². The van der Waals surface area contributed by atoms with Crippen LogP contribution in [0.3, 0.4) is 0 Å². The van der Waals surface area contributed by atoms with Crippen molar-refractivity contribution in [3.05, 3.63) is 23.7 Å². The first-order valence-corrected chi connectivity index (χ1v) is 6.02. The number of nitrogens with one attached hydrogen (secondary N) is 1. The maximum absolute atomic E-state index is 5.49. The Morgan fingerprint density at radius 3 is 2.81 bits per heavy atom. The number of ether oxygens (including phenoxy) is 1. The lowest BCUT2D eigenvalue weighted by molar-refractivity contribution is 0.108. The fourth-order valence-corrected chi connectivity index (χ4v) is 1.41. The van der Waals surface area contributed by atoms with Crippen molar-refractivity contribution in [3.63, 3.8) is 0 Å². The molecule has 1 aromatic heterocycles. The van der Waals surface area contributed by atoms with Crippen molar-refractivity contribution >= 4 is 0 Å². The van der Waals surface area contributed by atoms with Gasteiger partial charge in [-0.25, -0.2) is 0 Å². The van der Waals surface area contributed by atoms with Crippen LogP contribution in [0.25, 0.3) is 0 Å². The number of rotatable bonds is 8.